The molecule has 104 valence electrons. The minimum atomic E-state index is -0.687. The summed E-state index contributed by atoms with van der Waals surface area (Å²) in [6.07, 6.45) is 2.49. The zero-order valence-corrected chi connectivity index (χ0v) is 11.7. The number of carbonyl (C=O) groups is 1. The average molecular weight is 263 g/mol. The lowest BCUT2D eigenvalue weighted by atomic mass is 9.62. The number of hydrogen-bond acceptors (Lipinski definition) is 3. The van der Waals surface area contributed by atoms with Crippen LogP contribution in [0.4, 0.5) is 0 Å². The third-order valence-corrected chi connectivity index (χ3v) is 4.14. The van der Waals surface area contributed by atoms with Crippen LogP contribution in [0.1, 0.15) is 30.9 Å². The summed E-state index contributed by atoms with van der Waals surface area (Å²) in [6.45, 7) is 0. The maximum atomic E-state index is 11.7. The Labute approximate surface area is 114 Å². The van der Waals surface area contributed by atoms with Crippen LogP contribution in [0.2, 0.25) is 0 Å². The Morgan fingerprint density at radius 2 is 1.89 bits per heavy atom. The van der Waals surface area contributed by atoms with Gasteiger partial charge in [0.2, 0.25) is 0 Å². The fourth-order valence-corrected chi connectivity index (χ4v) is 3.06. The molecule has 1 fully saturated rings. The number of ether oxygens (including phenoxy) is 1. The van der Waals surface area contributed by atoms with E-state index in [0.29, 0.717) is 0 Å². The molecule has 1 N–H and O–H groups in total. The van der Waals surface area contributed by atoms with Gasteiger partial charge in [-0.05, 0) is 44.6 Å². The van der Waals surface area contributed by atoms with Gasteiger partial charge < -0.3 is 14.7 Å². The van der Waals surface area contributed by atoms with E-state index in [1.54, 1.807) is 7.11 Å². The van der Waals surface area contributed by atoms with Crippen LogP contribution in [-0.2, 0) is 4.79 Å². The fraction of sp³-hybridized carbons (Fsp3) is 0.533. The van der Waals surface area contributed by atoms with E-state index in [-0.39, 0.29) is 6.04 Å². The number of nitrogens with zero attached hydrogens (tertiary/aromatic N) is 1. The number of hydrogen-bond donors (Lipinski definition) is 1. The Bertz CT molecular complexity index is 449. The van der Waals surface area contributed by atoms with Crippen molar-refractivity contribution in [2.75, 3.05) is 21.2 Å². The molecular weight excluding hydrogens is 242 g/mol. The second-order valence-corrected chi connectivity index (χ2v) is 5.45. The van der Waals surface area contributed by atoms with E-state index in [1.807, 2.05) is 43.3 Å². The van der Waals surface area contributed by atoms with E-state index in [4.69, 9.17) is 4.74 Å². The number of methoxy groups -OCH3 is 1. The molecule has 0 saturated heterocycles. The predicted molar refractivity (Wildman–Crippen MR) is 73.3 cm³/mol. The summed E-state index contributed by atoms with van der Waals surface area (Å²) in [6, 6.07) is 7.61. The molecule has 1 atom stereocenters. The summed E-state index contributed by atoms with van der Waals surface area (Å²) in [7, 11) is 5.51. The van der Waals surface area contributed by atoms with E-state index in [9.17, 15) is 9.90 Å². The average Bonchev–Trinajstić information content (AvgIpc) is 2.32. The van der Waals surface area contributed by atoms with Crippen molar-refractivity contribution in [2.24, 2.45) is 5.41 Å². The Hall–Kier alpha value is -1.55. The van der Waals surface area contributed by atoms with Crippen molar-refractivity contribution in [3.8, 4) is 5.75 Å². The molecule has 1 aromatic carbocycles. The highest BCUT2D eigenvalue weighted by molar-refractivity contribution is 5.77. The van der Waals surface area contributed by atoms with Crippen LogP contribution in [0.3, 0.4) is 0 Å². The Morgan fingerprint density at radius 1 is 1.32 bits per heavy atom. The molecule has 0 aromatic heterocycles. The number of carboxylic acid groups (broad SMARTS) is 1. The van der Waals surface area contributed by atoms with Gasteiger partial charge in [-0.25, -0.2) is 0 Å². The summed E-state index contributed by atoms with van der Waals surface area (Å²) in [4.78, 5) is 13.7. The van der Waals surface area contributed by atoms with Crippen LogP contribution in [0.5, 0.6) is 5.75 Å². The summed E-state index contributed by atoms with van der Waals surface area (Å²) in [5, 5.41) is 9.61. The van der Waals surface area contributed by atoms with Crippen LogP contribution in [-0.4, -0.2) is 37.2 Å². The van der Waals surface area contributed by atoms with Crippen LogP contribution < -0.4 is 4.74 Å². The molecule has 1 aliphatic rings. The van der Waals surface area contributed by atoms with Gasteiger partial charge in [-0.2, -0.15) is 0 Å². The van der Waals surface area contributed by atoms with Crippen molar-refractivity contribution in [2.45, 2.75) is 25.3 Å². The maximum Gasteiger partial charge on any atom is 0.311 e. The van der Waals surface area contributed by atoms with Crippen molar-refractivity contribution in [3.63, 3.8) is 0 Å². The summed E-state index contributed by atoms with van der Waals surface area (Å²) in [5.41, 5.74) is 0.394. The summed E-state index contributed by atoms with van der Waals surface area (Å²) >= 11 is 0. The molecular formula is C15H21NO3. The van der Waals surface area contributed by atoms with Crippen molar-refractivity contribution in [1.29, 1.82) is 0 Å². The Balaban J connectivity index is 2.36. The normalized spacial score (nSPS) is 18.7. The molecule has 1 aromatic rings. The molecule has 0 amide bonds. The fourth-order valence-electron chi connectivity index (χ4n) is 3.06. The lowest BCUT2D eigenvalue weighted by molar-refractivity contribution is -0.161. The van der Waals surface area contributed by atoms with E-state index in [0.717, 1.165) is 30.6 Å². The molecule has 1 saturated carbocycles. The predicted octanol–water partition coefficient (Wildman–Crippen LogP) is 2.55. The van der Waals surface area contributed by atoms with Crippen molar-refractivity contribution in [3.05, 3.63) is 29.8 Å². The smallest absolute Gasteiger partial charge is 0.311 e. The molecule has 0 aliphatic heterocycles. The highest BCUT2D eigenvalue weighted by Gasteiger charge is 2.52. The first-order valence-corrected chi connectivity index (χ1v) is 6.55. The van der Waals surface area contributed by atoms with Gasteiger partial charge in [-0.1, -0.05) is 18.6 Å². The molecule has 4 nitrogen and oxygen atoms in total. The highest BCUT2D eigenvalue weighted by Crippen LogP contribution is 2.52. The van der Waals surface area contributed by atoms with Gasteiger partial charge in [0, 0.05) is 0 Å². The Morgan fingerprint density at radius 3 is 2.21 bits per heavy atom. The maximum absolute atomic E-state index is 11.7. The minimum absolute atomic E-state index is 0.0929. The molecule has 0 spiro atoms. The SMILES string of the molecule is COc1ccc(C(N(C)C)C2(C(=O)O)CCC2)cc1. The number of rotatable bonds is 5. The molecule has 0 bridgehead atoms. The van der Waals surface area contributed by atoms with Crippen molar-refractivity contribution in [1.82, 2.24) is 4.90 Å². The van der Waals surface area contributed by atoms with Gasteiger partial charge in [0.1, 0.15) is 5.75 Å². The van der Waals surface area contributed by atoms with Crippen LogP contribution in [0.15, 0.2) is 24.3 Å². The third-order valence-electron chi connectivity index (χ3n) is 4.14. The molecule has 1 aliphatic carbocycles. The lowest BCUT2D eigenvalue weighted by Gasteiger charge is -2.47. The zero-order chi connectivity index (χ0) is 14.0. The van der Waals surface area contributed by atoms with Gasteiger partial charge >= 0.3 is 5.97 Å². The van der Waals surface area contributed by atoms with Crippen molar-refractivity contribution < 1.29 is 14.6 Å². The molecule has 0 heterocycles. The molecule has 19 heavy (non-hydrogen) atoms. The monoisotopic (exact) mass is 263 g/mol. The standard InChI is InChI=1S/C15H21NO3/c1-16(2)13(15(14(17)18)9-4-10-15)11-5-7-12(19-3)8-6-11/h5-8,13H,4,9-10H2,1-3H3,(H,17,18). The molecule has 1 unspecified atom stereocenters. The minimum Gasteiger partial charge on any atom is -0.497 e. The highest BCUT2D eigenvalue weighted by atomic mass is 16.5. The van der Waals surface area contributed by atoms with Gasteiger partial charge in [0.25, 0.3) is 0 Å². The van der Waals surface area contributed by atoms with E-state index < -0.39 is 11.4 Å². The van der Waals surface area contributed by atoms with Crippen LogP contribution in [0.25, 0.3) is 0 Å². The molecule has 2 rings (SSSR count). The van der Waals surface area contributed by atoms with Gasteiger partial charge in [0.15, 0.2) is 0 Å². The first kappa shape index (κ1) is 13.9. The van der Waals surface area contributed by atoms with Gasteiger partial charge in [-0.15, -0.1) is 0 Å². The number of carboxylic acids is 1. The van der Waals surface area contributed by atoms with Crippen molar-refractivity contribution >= 4 is 5.97 Å². The molecule has 4 heteroatoms. The largest absolute Gasteiger partial charge is 0.497 e. The summed E-state index contributed by atoms with van der Waals surface area (Å²) < 4.78 is 5.15. The summed E-state index contributed by atoms with van der Waals surface area (Å²) in [5.74, 6) is 0.104. The van der Waals surface area contributed by atoms with Crippen LogP contribution >= 0.6 is 0 Å². The number of benzene rings is 1. The second kappa shape index (κ2) is 5.21. The number of aliphatic carboxylic acids is 1. The first-order chi connectivity index (χ1) is 9.01. The first-order valence-electron chi connectivity index (χ1n) is 6.55. The zero-order valence-electron chi connectivity index (χ0n) is 11.7. The lowest BCUT2D eigenvalue weighted by Crippen LogP contribution is -2.48. The van der Waals surface area contributed by atoms with Gasteiger partial charge in [0.05, 0.1) is 18.6 Å². The molecule has 0 radical (unpaired) electrons. The van der Waals surface area contributed by atoms with Gasteiger partial charge in [-0.3, -0.25) is 4.79 Å². The Kier molecular flexibility index (Phi) is 3.80. The van der Waals surface area contributed by atoms with E-state index >= 15 is 0 Å². The van der Waals surface area contributed by atoms with E-state index in [2.05, 4.69) is 0 Å². The quantitative estimate of drug-likeness (QED) is 0.887. The van der Waals surface area contributed by atoms with E-state index in [1.165, 1.54) is 0 Å². The van der Waals surface area contributed by atoms with Crippen LogP contribution in [0, 0.1) is 5.41 Å². The second-order valence-electron chi connectivity index (χ2n) is 5.45. The topological polar surface area (TPSA) is 49.8 Å². The third kappa shape index (κ3) is 2.32.